The minimum atomic E-state index is -4.51. The van der Waals surface area contributed by atoms with Crippen LogP contribution in [0.15, 0.2) is 28.5 Å². The lowest BCUT2D eigenvalue weighted by Crippen LogP contribution is -2.16. The van der Waals surface area contributed by atoms with Gasteiger partial charge in [0, 0.05) is 11.4 Å². The molecule has 2 rings (SSSR count). The van der Waals surface area contributed by atoms with Crippen LogP contribution in [0.1, 0.15) is 18.1 Å². The number of nitrogens with two attached hydrogens (primary N) is 1. The van der Waals surface area contributed by atoms with E-state index >= 15 is 0 Å². The highest BCUT2D eigenvalue weighted by Crippen LogP contribution is 2.39. The lowest BCUT2D eigenvalue weighted by atomic mass is 10.00. The Kier molecular flexibility index (Phi) is 2.78. The monoisotopic (exact) mass is 277 g/mol. The number of fused-ring (bicyclic) bond motifs is 1. The van der Waals surface area contributed by atoms with Gasteiger partial charge in [0.05, 0.1) is 10.5 Å². The maximum atomic E-state index is 12.6. The van der Waals surface area contributed by atoms with Crippen LogP contribution in [0.4, 0.5) is 13.2 Å². The largest absolute Gasteiger partial charge is 0.416 e. The summed E-state index contributed by atoms with van der Waals surface area (Å²) in [4.78, 5) is -0.122. The van der Waals surface area contributed by atoms with Gasteiger partial charge in [0.15, 0.2) is 0 Å². The number of rotatable bonds is 1. The molecule has 0 spiro atoms. The second-order valence-corrected chi connectivity index (χ2v) is 5.88. The highest BCUT2D eigenvalue weighted by atomic mass is 32.2. The summed E-state index contributed by atoms with van der Waals surface area (Å²) in [7, 11) is -3.67. The van der Waals surface area contributed by atoms with Crippen molar-refractivity contribution in [1.29, 1.82) is 0 Å². The average molecular weight is 277 g/mol. The Morgan fingerprint density at radius 3 is 2.39 bits per heavy atom. The van der Waals surface area contributed by atoms with E-state index in [2.05, 4.69) is 0 Å². The summed E-state index contributed by atoms with van der Waals surface area (Å²) in [6.07, 6.45) is -4.51. The fourth-order valence-electron chi connectivity index (χ4n) is 1.83. The molecule has 0 radical (unpaired) electrons. The number of hydrogen-bond acceptors (Lipinski definition) is 3. The van der Waals surface area contributed by atoms with Gasteiger partial charge in [-0.1, -0.05) is 0 Å². The van der Waals surface area contributed by atoms with Gasteiger partial charge < -0.3 is 5.73 Å². The lowest BCUT2D eigenvalue weighted by Gasteiger charge is -2.11. The molecule has 1 aliphatic rings. The van der Waals surface area contributed by atoms with Crippen LogP contribution < -0.4 is 5.73 Å². The van der Waals surface area contributed by atoms with Crippen molar-refractivity contribution in [2.45, 2.75) is 24.0 Å². The number of alkyl halides is 3. The summed E-state index contributed by atoms with van der Waals surface area (Å²) in [5.74, 6) is 0. The fourth-order valence-corrected chi connectivity index (χ4v) is 3.37. The van der Waals surface area contributed by atoms with Crippen molar-refractivity contribution in [2.24, 2.45) is 5.73 Å². The van der Waals surface area contributed by atoms with E-state index < -0.39 is 27.6 Å². The van der Waals surface area contributed by atoms with Crippen molar-refractivity contribution in [3.05, 3.63) is 34.7 Å². The zero-order valence-corrected chi connectivity index (χ0v) is 10.1. The minimum Gasteiger partial charge on any atom is -0.324 e. The third-order valence-corrected chi connectivity index (χ3v) is 4.23. The van der Waals surface area contributed by atoms with Crippen molar-refractivity contribution in [1.82, 2.24) is 0 Å². The quantitative estimate of drug-likeness (QED) is 0.856. The highest BCUT2D eigenvalue weighted by Gasteiger charge is 2.35. The van der Waals surface area contributed by atoms with Gasteiger partial charge in [0.25, 0.3) is 0 Å². The molecule has 0 aromatic heterocycles. The Labute approximate surface area is 102 Å². The van der Waals surface area contributed by atoms with Crippen molar-refractivity contribution < 1.29 is 21.6 Å². The van der Waals surface area contributed by atoms with E-state index in [4.69, 9.17) is 5.73 Å². The summed E-state index contributed by atoms with van der Waals surface area (Å²) in [5.41, 5.74) is 4.94. The van der Waals surface area contributed by atoms with Crippen molar-refractivity contribution in [3.63, 3.8) is 0 Å². The van der Waals surface area contributed by atoms with Crippen molar-refractivity contribution >= 4 is 15.4 Å². The molecule has 0 saturated heterocycles. The summed E-state index contributed by atoms with van der Waals surface area (Å²) in [5, 5.41) is 0.933. The molecule has 1 heterocycles. The molecular formula is C11H10F3NO2S. The predicted molar refractivity (Wildman–Crippen MR) is 60.3 cm³/mol. The second-order valence-electron chi connectivity index (χ2n) is 4.12. The second kappa shape index (κ2) is 3.83. The van der Waals surface area contributed by atoms with Gasteiger partial charge >= 0.3 is 6.18 Å². The van der Waals surface area contributed by atoms with Crippen LogP contribution in [0.3, 0.4) is 0 Å². The molecular weight excluding hydrogens is 267 g/mol. The third-order valence-electron chi connectivity index (χ3n) is 2.70. The molecule has 2 N–H and O–H groups in total. The summed E-state index contributed by atoms with van der Waals surface area (Å²) < 4.78 is 61.2. The number of hydrogen-bond donors (Lipinski definition) is 1. The van der Waals surface area contributed by atoms with Gasteiger partial charge in [-0.15, -0.1) is 0 Å². The molecule has 1 atom stereocenters. The number of sulfone groups is 1. The SMILES string of the molecule is CC(N)C1=CS(=O)(=O)c2ccc(C(F)(F)F)cc21. The Balaban J connectivity index is 2.68. The van der Waals surface area contributed by atoms with Crippen LogP contribution in [-0.2, 0) is 16.0 Å². The molecule has 1 aromatic carbocycles. The van der Waals surface area contributed by atoms with E-state index in [1.165, 1.54) is 6.92 Å². The Hall–Kier alpha value is -1.34. The van der Waals surface area contributed by atoms with Gasteiger partial charge in [-0.25, -0.2) is 8.42 Å². The summed E-state index contributed by atoms with van der Waals surface area (Å²) in [6.45, 7) is 1.52. The maximum absolute atomic E-state index is 12.6. The average Bonchev–Trinajstić information content (AvgIpc) is 2.49. The van der Waals surface area contributed by atoms with E-state index in [0.29, 0.717) is 0 Å². The van der Waals surface area contributed by atoms with E-state index in [1.807, 2.05) is 0 Å². The zero-order valence-electron chi connectivity index (χ0n) is 9.32. The highest BCUT2D eigenvalue weighted by molar-refractivity contribution is 7.95. The molecule has 7 heteroatoms. The molecule has 1 aliphatic heterocycles. The van der Waals surface area contributed by atoms with Gasteiger partial charge in [-0.3, -0.25) is 0 Å². The third kappa shape index (κ3) is 2.04. The first-order valence-corrected chi connectivity index (χ1v) is 6.61. The van der Waals surface area contributed by atoms with E-state index in [-0.39, 0.29) is 16.0 Å². The molecule has 0 amide bonds. The van der Waals surface area contributed by atoms with Gasteiger partial charge in [-0.2, -0.15) is 13.2 Å². The molecule has 1 aromatic rings. The normalized spacial score (nSPS) is 19.3. The number of benzene rings is 1. The van der Waals surface area contributed by atoms with E-state index in [1.54, 1.807) is 0 Å². The first-order chi connectivity index (χ1) is 8.13. The zero-order chi connectivity index (χ0) is 13.7. The standard InChI is InChI=1S/C11H10F3NO2S/c1-6(15)9-5-18(16,17)10-3-2-7(4-8(9)10)11(12,13)14/h2-6H,15H2,1H3. The molecule has 18 heavy (non-hydrogen) atoms. The molecule has 0 bridgehead atoms. The van der Waals surface area contributed by atoms with Crippen LogP contribution in [0.25, 0.3) is 5.57 Å². The first kappa shape index (κ1) is 13.1. The Morgan fingerprint density at radius 1 is 1.28 bits per heavy atom. The fraction of sp³-hybridized carbons (Fsp3) is 0.273. The number of halogens is 3. The van der Waals surface area contributed by atoms with Crippen LogP contribution >= 0.6 is 0 Å². The minimum absolute atomic E-state index is 0.0415. The Bertz CT molecular complexity index is 630. The molecule has 3 nitrogen and oxygen atoms in total. The smallest absolute Gasteiger partial charge is 0.324 e. The van der Waals surface area contributed by atoms with E-state index in [0.717, 1.165) is 23.6 Å². The molecule has 0 aliphatic carbocycles. The maximum Gasteiger partial charge on any atom is 0.416 e. The van der Waals surface area contributed by atoms with Crippen molar-refractivity contribution in [3.8, 4) is 0 Å². The summed E-state index contributed by atoms with van der Waals surface area (Å²) in [6, 6.07) is 1.91. The van der Waals surface area contributed by atoms with Gasteiger partial charge in [0.1, 0.15) is 0 Å². The molecule has 0 fully saturated rings. The molecule has 1 unspecified atom stereocenters. The first-order valence-electron chi connectivity index (χ1n) is 5.07. The lowest BCUT2D eigenvalue weighted by molar-refractivity contribution is -0.137. The van der Waals surface area contributed by atoms with Crippen LogP contribution in [0.5, 0.6) is 0 Å². The summed E-state index contributed by atoms with van der Waals surface area (Å²) >= 11 is 0. The van der Waals surface area contributed by atoms with E-state index in [9.17, 15) is 21.6 Å². The topological polar surface area (TPSA) is 60.2 Å². The van der Waals surface area contributed by atoms with Gasteiger partial charge in [-0.05, 0) is 36.3 Å². The van der Waals surface area contributed by atoms with Gasteiger partial charge in [0.2, 0.25) is 9.84 Å². The molecule has 98 valence electrons. The predicted octanol–water partition coefficient (Wildman–Crippen LogP) is 2.18. The Morgan fingerprint density at radius 2 is 1.89 bits per heavy atom. The van der Waals surface area contributed by atoms with Crippen LogP contribution in [0, 0.1) is 0 Å². The molecule has 0 saturated carbocycles. The van der Waals surface area contributed by atoms with Crippen LogP contribution in [0.2, 0.25) is 0 Å². The van der Waals surface area contributed by atoms with Crippen LogP contribution in [-0.4, -0.2) is 14.5 Å². The van der Waals surface area contributed by atoms with Crippen molar-refractivity contribution in [2.75, 3.05) is 0 Å².